The Labute approximate surface area is 121 Å². The molecule has 0 saturated carbocycles. The predicted octanol–water partition coefficient (Wildman–Crippen LogP) is 2.67. The molecular weight excluding hydrogens is 266 g/mol. The molecule has 2 aromatic heterocycles. The molecule has 2 heterocycles. The lowest BCUT2D eigenvalue weighted by atomic mass is 10.1. The third-order valence-corrected chi connectivity index (χ3v) is 2.98. The van der Waals surface area contributed by atoms with Gasteiger partial charge in [-0.05, 0) is 12.1 Å². The van der Waals surface area contributed by atoms with Gasteiger partial charge in [0.2, 0.25) is 5.76 Å². The molecular formula is C16H13N3O2. The van der Waals surface area contributed by atoms with Crippen LogP contribution in [0.5, 0.6) is 0 Å². The molecule has 104 valence electrons. The number of pyridine rings is 1. The standard InChI is InChI=1S/C16H13N3O2/c20-16(18-10-13-8-4-5-9-17-13)15-14(19-11-21-15)12-6-2-1-3-7-12/h1-9,11H,10H2,(H,18,20). The van der Waals surface area contributed by atoms with Crippen LogP contribution in [-0.4, -0.2) is 15.9 Å². The second-order valence-electron chi connectivity index (χ2n) is 4.40. The quantitative estimate of drug-likeness (QED) is 0.797. The zero-order valence-electron chi connectivity index (χ0n) is 11.2. The number of nitrogens with one attached hydrogen (secondary N) is 1. The van der Waals surface area contributed by atoms with Gasteiger partial charge in [0.05, 0.1) is 12.2 Å². The molecule has 21 heavy (non-hydrogen) atoms. The van der Waals surface area contributed by atoms with Crippen LogP contribution in [0.2, 0.25) is 0 Å². The normalized spacial score (nSPS) is 10.3. The highest BCUT2D eigenvalue weighted by Crippen LogP contribution is 2.21. The number of nitrogens with zero attached hydrogens (tertiary/aromatic N) is 2. The van der Waals surface area contributed by atoms with Gasteiger partial charge < -0.3 is 9.73 Å². The van der Waals surface area contributed by atoms with E-state index in [0.717, 1.165) is 11.3 Å². The summed E-state index contributed by atoms with van der Waals surface area (Å²) in [5, 5.41) is 2.78. The Bertz CT molecular complexity index is 724. The monoisotopic (exact) mass is 279 g/mol. The van der Waals surface area contributed by atoms with E-state index >= 15 is 0 Å². The van der Waals surface area contributed by atoms with Crippen molar-refractivity contribution in [1.82, 2.24) is 15.3 Å². The number of hydrogen-bond donors (Lipinski definition) is 1. The summed E-state index contributed by atoms with van der Waals surface area (Å²) in [5.74, 6) is -0.103. The Hall–Kier alpha value is -2.95. The molecule has 3 aromatic rings. The average Bonchev–Trinajstić information content (AvgIpc) is 3.04. The molecule has 0 unspecified atom stereocenters. The maximum absolute atomic E-state index is 12.2. The molecule has 1 N–H and O–H groups in total. The fraction of sp³-hybridized carbons (Fsp3) is 0.0625. The van der Waals surface area contributed by atoms with Crippen LogP contribution in [-0.2, 0) is 6.54 Å². The zero-order valence-corrected chi connectivity index (χ0v) is 11.2. The average molecular weight is 279 g/mol. The van der Waals surface area contributed by atoms with E-state index < -0.39 is 0 Å². The molecule has 0 saturated heterocycles. The van der Waals surface area contributed by atoms with E-state index in [9.17, 15) is 4.79 Å². The molecule has 3 rings (SSSR count). The van der Waals surface area contributed by atoms with E-state index in [4.69, 9.17) is 4.42 Å². The first-order valence-corrected chi connectivity index (χ1v) is 6.51. The van der Waals surface area contributed by atoms with Crippen LogP contribution in [0.15, 0.2) is 65.5 Å². The molecule has 0 fully saturated rings. The topological polar surface area (TPSA) is 68.0 Å². The Balaban J connectivity index is 1.76. The van der Waals surface area contributed by atoms with Crippen LogP contribution in [0, 0.1) is 0 Å². The van der Waals surface area contributed by atoms with Crippen LogP contribution in [0.4, 0.5) is 0 Å². The van der Waals surface area contributed by atoms with Gasteiger partial charge in [0, 0.05) is 11.8 Å². The molecule has 0 aliphatic carbocycles. The molecule has 0 aliphatic heterocycles. The summed E-state index contributed by atoms with van der Waals surface area (Å²) >= 11 is 0. The molecule has 1 aromatic carbocycles. The minimum Gasteiger partial charge on any atom is -0.438 e. The van der Waals surface area contributed by atoms with Crippen LogP contribution >= 0.6 is 0 Å². The lowest BCUT2D eigenvalue weighted by Crippen LogP contribution is -2.23. The van der Waals surface area contributed by atoms with Crippen molar-refractivity contribution in [3.05, 3.63) is 72.6 Å². The summed E-state index contributed by atoms with van der Waals surface area (Å²) in [6.07, 6.45) is 2.96. The maximum atomic E-state index is 12.2. The predicted molar refractivity (Wildman–Crippen MR) is 77.3 cm³/mol. The van der Waals surface area contributed by atoms with Gasteiger partial charge in [-0.1, -0.05) is 36.4 Å². The van der Waals surface area contributed by atoms with Crippen LogP contribution in [0.3, 0.4) is 0 Å². The van der Waals surface area contributed by atoms with Gasteiger partial charge in [-0.3, -0.25) is 9.78 Å². The lowest BCUT2D eigenvalue weighted by molar-refractivity contribution is 0.0923. The molecule has 1 amide bonds. The summed E-state index contributed by atoms with van der Waals surface area (Å²) in [6, 6.07) is 15.0. The third kappa shape index (κ3) is 2.97. The Kier molecular flexibility index (Phi) is 3.73. The van der Waals surface area contributed by atoms with Crippen molar-refractivity contribution in [2.24, 2.45) is 0 Å². The number of carbonyl (C=O) groups excluding carboxylic acids is 1. The Morgan fingerprint density at radius 2 is 1.86 bits per heavy atom. The van der Waals surface area contributed by atoms with E-state index in [1.54, 1.807) is 6.20 Å². The number of carbonyl (C=O) groups is 1. The molecule has 5 nitrogen and oxygen atoms in total. The molecule has 0 bridgehead atoms. The van der Waals surface area contributed by atoms with Crippen molar-refractivity contribution in [2.45, 2.75) is 6.54 Å². The lowest BCUT2D eigenvalue weighted by Gasteiger charge is -2.04. The first-order chi connectivity index (χ1) is 10.3. The summed E-state index contributed by atoms with van der Waals surface area (Å²) in [5.41, 5.74) is 2.16. The second kappa shape index (κ2) is 6.00. The van der Waals surface area contributed by atoms with Gasteiger partial charge in [-0.15, -0.1) is 0 Å². The van der Waals surface area contributed by atoms with E-state index in [1.165, 1.54) is 6.39 Å². The number of benzene rings is 1. The first kappa shape index (κ1) is 13.1. The van der Waals surface area contributed by atoms with Crippen molar-refractivity contribution >= 4 is 5.91 Å². The minimum atomic E-state index is -0.308. The van der Waals surface area contributed by atoms with Gasteiger partial charge in [0.15, 0.2) is 6.39 Å². The van der Waals surface area contributed by atoms with Crippen LogP contribution in [0.1, 0.15) is 16.2 Å². The second-order valence-corrected chi connectivity index (χ2v) is 4.40. The maximum Gasteiger partial charge on any atom is 0.289 e. The minimum absolute atomic E-state index is 0.206. The summed E-state index contributed by atoms with van der Waals surface area (Å²) < 4.78 is 5.23. The van der Waals surface area contributed by atoms with Crippen LogP contribution in [0.25, 0.3) is 11.3 Å². The highest BCUT2D eigenvalue weighted by Gasteiger charge is 2.17. The number of amides is 1. The molecule has 5 heteroatoms. The van der Waals surface area contributed by atoms with Crippen molar-refractivity contribution in [3.8, 4) is 11.3 Å². The molecule has 0 atom stereocenters. The van der Waals surface area contributed by atoms with Crippen LogP contribution < -0.4 is 5.32 Å². The zero-order chi connectivity index (χ0) is 14.5. The molecule has 0 spiro atoms. The third-order valence-electron chi connectivity index (χ3n) is 2.98. The number of aromatic nitrogens is 2. The largest absolute Gasteiger partial charge is 0.438 e. The first-order valence-electron chi connectivity index (χ1n) is 6.51. The van der Waals surface area contributed by atoms with E-state index in [1.807, 2.05) is 48.5 Å². The van der Waals surface area contributed by atoms with Gasteiger partial charge in [-0.2, -0.15) is 0 Å². The number of rotatable bonds is 4. The SMILES string of the molecule is O=C(NCc1ccccn1)c1ocnc1-c1ccccc1. The van der Waals surface area contributed by atoms with E-state index in [0.29, 0.717) is 12.2 Å². The molecule has 0 aliphatic rings. The highest BCUT2D eigenvalue weighted by molar-refractivity contribution is 5.97. The number of hydrogen-bond acceptors (Lipinski definition) is 4. The van der Waals surface area contributed by atoms with E-state index in [2.05, 4.69) is 15.3 Å². The van der Waals surface area contributed by atoms with Gasteiger partial charge in [0.25, 0.3) is 5.91 Å². The van der Waals surface area contributed by atoms with Gasteiger partial charge in [0.1, 0.15) is 5.69 Å². The van der Waals surface area contributed by atoms with E-state index in [-0.39, 0.29) is 11.7 Å². The van der Waals surface area contributed by atoms with Crippen molar-refractivity contribution in [1.29, 1.82) is 0 Å². The smallest absolute Gasteiger partial charge is 0.289 e. The fourth-order valence-corrected chi connectivity index (χ4v) is 1.96. The van der Waals surface area contributed by atoms with Crippen molar-refractivity contribution in [2.75, 3.05) is 0 Å². The summed E-state index contributed by atoms with van der Waals surface area (Å²) in [4.78, 5) is 20.5. The number of oxazole rings is 1. The van der Waals surface area contributed by atoms with Crippen molar-refractivity contribution in [3.63, 3.8) is 0 Å². The summed E-state index contributed by atoms with van der Waals surface area (Å²) in [7, 11) is 0. The fourth-order valence-electron chi connectivity index (χ4n) is 1.96. The molecule has 0 radical (unpaired) electrons. The van der Waals surface area contributed by atoms with Gasteiger partial charge in [-0.25, -0.2) is 4.98 Å². The highest BCUT2D eigenvalue weighted by atomic mass is 16.3. The Morgan fingerprint density at radius 1 is 1.05 bits per heavy atom. The summed E-state index contributed by atoms with van der Waals surface area (Å²) in [6.45, 7) is 0.342. The van der Waals surface area contributed by atoms with Gasteiger partial charge >= 0.3 is 0 Å². The van der Waals surface area contributed by atoms with Crippen molar-refractivity contribution < 1.29 is 9.21 Å². The Morgan fingerprint density at radius 3 is 2.62 bits per heavy atom.